The van der Waals surface area contributed by atoms with Gasteiger partial charge < -0.3 is 10.5 Å². The van der Waals surface area contributed by atoms with Gasteiger partial charge in [0.25, 0.3) is 0 Å². The quantitative estimate of drug-likeness (QED) is 0.239. The minimum atomic E-state index is -0.304. The van der Waals surface area contributed by atoms with Gasteiger partial charge in [0.15, 0.2) is 0 Å². The van der Waals surface area contributed by atoms with Gasteiger partial charge in [0.1, 0.15) is 5.82 Å². The van der Waals surface area contributed by atoms with Crippen molar-refractivity contribution in [1.82, 2.24) is 14.6 Å². The Kier molecular flexibility index (Phi) is 11.5. The van der Waals surface area contributed by atoms with Crippen LogP contribution in [-0.4, -0.2) is 27.8 Å². The summed E-state index contributed by atoms with van der Waals surface area (Å²) in [4.78, 5) is 4.32. The van der Waals surface area contributed by atoms with Gasteiger partial charge in [-0.1, -0.05) is 64.0 Å². The number of anilines is 1. The fourth-order valence-electron chi connectivity index (χ4n) is 3.62. The molecule has 0 spiro atoms. The van der Waals surface area contributed by atoms with Gasteiger partial charge in [-0.2, -0.15) is 9.61 Å². The van der Waals surface area contributed by atoms with E-state index in [9.17, 15) is 4.39 Å². The lowest BCUT2D eigenvalue weighted by atomic mass is 10.00. The second kappa shape index (κ2) is 14.3. The van der Waals surface area contributed by atoms with Crippen LogP contribution in [-0.2, 0) is 11.2 Å². The highest BCUT2D eigenvalue weighted by molar-refractivity contribution is 5.94. The molecule has 3 rings (SSSR count). The highest BCUT2D eigenvalue weighted by atomic mass is 19.1. The molecule has 0 radical (unpaired) electrons. The van der Waals surface area contributed by atoms with Crippen LogP contribution >= 0.6 is 0 Å². The van der Waals surface area contributed by atoms with Gasteiger partial charge in [0.05, 0.1) is 16.7 Å². The Hall–Kier alpha value is -2.99. The van der Waals surface area contributed by atoms with E-state index < -0.39 is 0 Å². The molecule has 34 heavy (non-hydrogen) atoms. The SMILES string of the molecule is C=C/C=C\C(Cc1cc2c3cc(F)ccc3nc(N)n2n1)=C(\C)CCC.CCCCOCCC. The fourth-order valence-corrected chi connectivity index (χ4v) is 3.62. The van der Waals surface area contributed by atoms with Crippen molar-refractivity contribution in [2.45, 2.75) is 66.2 Å². The van der Waals surface area contributed by atoms with E-state index in [0.29, 0.717) is 23.3 Å². The molecule has 2 N–H and O–H groups in total. The van der Waals surface area contributed by atoms with E-state index in [2.05, 4.69) is 50.4 Å². The van der Waals surface area contributed by atoms with Gasteiger partial charge in [-0.25, -0.2) is 9.37 Å². The monoisotopic (exact) mass is 466 g/mol. The largest absolute Gasteiger partial charge is 0.381 e. The molecule has 0 atom stereocenters. The van der Waals surface area contributed by atoms with E-state index in [1.807, 2.05) is 12.1 Å². The Balaban J connectivity index is 0.000000440. The van der Waals surface area contributed by atoms with Gasteiger partial charge in [-0.05, 0) is 56.0 Å². The molecule has 0 amide bonds. The van der Waals surface area contributed by atoms with Crippen molar-refractivity contribution in [1.29, 1.82) is 0 Å². The number of unbranched alkanes of at least 4 members (excludes halogenated alkanes) is 1. The summed E-state index contributed by atoms with van der Waals surface area (Å²) in [6.07, 6.45) is 12.2. The predicted molar refractivity (Wildman–Crippen MR) is 142 cm³/mol. The molecule has 0 unspecified atom stereocenters. The molecule has 2 heterocycles. The van der Waals surface area contributed by atoms with Crippen LogP contribution < -0.4 is 5.73 Å². The zero-order valence-electron chi connectivity index (χ0n) is 21.1. The van der Waals surface area contributed by atoms with Crippen molar-refractivity contribution in [3.8, 4) is 0 Å². The summed E-state index contributed by atoms with van der Waals surface area (Å²) >= 11 is 0. The van der Waals surface area contributed by atoms with Crippen molar-refractivity contribution in [2.24, 2.45) is 0 Å². The molecule has 3 aromatic rings. The van der Waals surface area contributed by atoms with Crippen LogP contribution in [0.1, 0.15) is 65.5 Å². The standard InChI is InChI=1S/C21H23FN4.C7H16O/c1-4-6-8-15(14(3)7-5-2)11-17-13-20-18-12-16(22)9-10-19(18)24-21(23)26(20)25-17;1-3-5-7-8-6-4-2/h4,6,8-10,12-13H,1,5,7,11H2,2-3H3,(H2,23,24);3-7H2,1-2H3/b8-6-,15-14+;. The Morgan fingerprint density at radius 1 is 1.15 bits per heavy atom. The van der Waals surface area contributed by atoms with E-state index in [0.717, 1.165) is 43.7 Å². The Morgan fingerprint density at radius 3 is 2.62 bits per heavy atom. The number of aromatic nitrogens is 3. The highest BCUT2D eigenvalue weighted by Gasteiger charge is 2.12. The van der Waals surface area contributed by atoms with E-state index >= 15 is 0 Å². The summed E-state index contributed by atoms with van der Waals surface area (Å²) in [5.74, 6) is -0.00943. The first-order valence-electron chi connectivity index (χ1n) is 12.2. The minimum Gasteiger partial charge on any atom is -0.381 e. The highest BCUT2D eigenvalue weighted by Crippen LogP contribution is 2.24. The van der Waals surface area contributed by atoms with Crippen LogP contribution in [0.2, 0.25) is 0 Å². The molecule has 0 aliphatic rings. The summed E-state index contributed by atoms with van der Waals surface area (Å²) in [5.41, 5.74) is 10.9. The number of nitrogens with two attached hydrogens (primary N) is 1. The number of nitrogen functional groups attached to an aromatic ring is 1. The minimum absolute atomic E-state index is 0.294. The molecule has 184 valence electrons. The fraction of sp³-hybridized carbons (Fsp3) is 0.429. The molecular formula is C28H39FN4O. The summed E-state index contributed by atoms with van der Waals surface area (Å²) in [6, 6.07) is 6.45. The lowest BCUT2D eigenvalue weighted by molar-refractivity contribution is 0.132. The molecule has 0 aliphatic heterocycles. The van der Waals surface area contributed by atoms with E-state index in [4.69, 9.17) is 10.5 Å². The Labute approximate surface area is 203 Å². The number of halogens is 1. The first-order valence-corrected chi connectivity index (χ1v) is 12.2. The van der Waals surface area contributed by atoms with Crippen LogP contribution in [0.5, 0.6) is 0 Å². The molecule has 0 bridgehead atoms. The normalized spacial score (nSPS) is 12.1. The lowest BCUT2D eigenvalue weighted by Gasteiger charge is -2.06. The van der Waals surface area contributed by atoms with Crippen LogP contribution in [0.25, 0.3) is 16.4 Å². The lowest BCUT2D eigenvalue weighted by Crippen LogP contribution is -2.03. The van der Waals surface area contributed by atoms with E-state index in [1.165, 1.54) is 36.1 Å². The number of nitrogens with zero attached hydrogens (tertiary/aromatic N) is 3. The second-order valence-electron chi connectivity index (χ2n) is 8.36. The molecule has 1 aromatic carbocycles. The second-order valence-corrected chi connectivity index (χ2v) is 8.36. The molecular weight excluding hydrogens is 427 g/mol. The zero-order chi connectivity index (χ0) is 24.9. The molecule has 5 nitrogen and oxygen atoms in total. The van der Waals surface area contributed by atoms with Crippen LogP contribution in [0.4, 0.5) is 10.3 Å². The molecule has 0 saturated carbocycles. The Morgan fingerprint density at radius 2 is 1.94 bits per heavy atom. The number of ether oxygens (including phenoxy) is 1. The Bertz CT molecular complexity index is 1120. The van der Waals surface area contributed by atoms with Crippen molar-refractivity contribution in [3.63, 3.8) is 0 Å². The van der Waals surface area contributed by atoms with Gasteiger partial charge in [-0.3, -0.25) is 0 Å². The maximum atomic E-state index is 13.7. The number of benzene rings is 1. The van der Waals surface area contributed by atoms with Crippen LogP contribution in [0.3, 0.4) is 0 Å². The van der Waals surface area contributed by atoms with Crippen molar-refractivity contribution in [3.05, 3.63) is 71.7 Å². The van der Waals surface area contributed by atoms with Crippen LogP contribution in [0.15, 0.2) is 60.2 Å². The summed E-state index contributed by atoms with van der Waals surface area (Å²) < 4.78 is 20.5. The molecule has 0 fully saturated rings. The first-order chi connectivity index (χ1) is 16.4. The molecule has 2 aromatic heterocycles. The van der Waals surface area contributed by atoms with E-state index in [-0.39, 0.29) is 5.82 Å². The van der Waals surface area contributed by atoms with Gasteiger partial charge in [-0.15, -0.1) is 0 Å². The third kappa shape index (κ3) is 7.80. The zero-order valence-corrected chi connectivity index (χ0v) is 21.1. The maximum absolute atomic E-state index is 13.7. The smallest absolute Gasteiger partial charge is 0.222 e. The summed E-state index contributed by atoms with van der Waals surface area (Å²) in [5, 5.41) is 5.30. The average Bonchev–Trinajstić information content (AvgIpc) is 3.25. The maximum Gasteiger partial charge on any atom is 0.222 e. The average molecular weight is 467 g/mol. The van der Waals surface area contributed by atoms with Gasteiger partial charge >= 0.3 is 0 Å². The van der Waals surface area contributed by atoms with Crippen molar-refractivity contribution in [2.75, 3.05) is 18.9 Å². The number of fused-ring (bicyclic) bond motifs is 3. The molecule has 0 saturated heterocycles. The number of rotatable bonds is 11. The summed E-state index contributed by atoms with van der Waals surface area (Å²) in [6.45, 7) is 14.2. The van der Waals surface area contributed by atoms with E-state index in [1.54, 1.807) is 16.7 Å². The number of hydrogen-bond donors (Lipinski definition) is 1. The third-order valence-corrected chi connectivity index (χ3v) is 5.42. The van der Waals surface area contributed by atoms with Gasteiger partial charge in [0, 0.05) is 25.0 Å². The van der Waals surface area contributed by atoms with Gasteiger partial charge in [0.2, 0.25) is 5.95 Å². The third-order valence-electron chi connectivity index (χ3n) is 5.42. The number of hydrogen-bond acceptors (Lipinski definition) is 4. The van der Waals surface area contributed by atoms with Crippen LogP contribution in [0, 0.1) is 5.82 Å². The van der Waals surface area contributed by atoms with Crippen molar-refractivity contribution < 1.29 is 9.13 Å². The number of allylic oxidation sites excluding steroid dienone is 5. The molecule has 6 heteroatoms. The predicted octanol–water partition coefficient (Wildman–Crippen LogP) is 7.22. The van der Waals surface area contributed by atoms with Crippen molar-refractivity contribution >= 4 is 22.4 Å². The first kappa shape index (κ1) is 27.3. The molecule has 0 aliphatic carbocycles. The topological polar surface area (TPSA) is 65.4 Å². The summed E-state index contributed by atoms with van der Waals surface area (Å²) in [7, 11) is 0.